The van der Waals surface area contributed by atoms with Gasteiger partial charge in [0.05, 0.1) is 6.61 Å². The number of rotatable bonds is 6. The van der Waals surface area contributed by atoms with Gasteiger partial charge in [-0.05, 0) is 38.3 Å². The largest absolute Gasteiger partial charge is 0.380 e. The highest BCUT2D eigenvalue weighted by molar-refractivity contribution is 5.53. The molecule has 2 nitrogen and oxygen atoms in total. The Labute approximate surface area is 117 Å². The van der Waals surface area contributed by atoms with Crippen molar-refractivity contribution in [2.24, 2.45) is 0 Å². The Bertz CT molecular complexity index is 398. The van der Waals surface area contributed by atoms with E-state index in [1.54, 1.807) is 7.11 Å². The van der Waals surface area contributed by atoms with Gasteiger partial charge in [-0.15, -0.1) is 0 Å². The van der Waals surface area contributed by atoms with Gasteiger partial charge in [0.1, 0.15) is 0 Å². The maximum atomic E-state index is 5.12. The SMILES string of the molecule is CCC(=Cc1ccc(COC)cc1)CNC(C)(C)C. The first-order valence-corrected chi connectivity index (χ1v) is 6.97. The van der Waals surface area contributed by atoms with E-state index in [0.717, 1.165) is 13.0 Å². The number of ether oxygens (including phenoxy) is 1. The number of hydrogen-bond donors (Lipinski definition) is 1. The first-order valence-electron chi connectivity index (χ1n) is 6.97. The first-order chi connectivity index (χ1) is 8.94. The van der Waals surface area contributed by atoms with Crippen molar-refractivity contribution < 1.29 is 4.74 Å². The van der Waals surface area contributed by atoms with Crippen LogP contribution in [0.3, 0.4) is 0 Å². The molecule has 0 atom stereocenters. The van der Waals surface area contributed by atoms with Gasteiger partial charge in [-0.25, -0.2) is 0 Å². The molecule has 0 amide bonds. The smallest absolute Gasteiger partial charge is 0.0713 e. The lowest BCUT2D eigenvalue weighted by atomic mass is 10.0. The predicted molar refractivity (Wildman–Crippen MR) is 83.2 cm³/mol. The Kier molecular flexibility index (Phi) is 6.26. The fourth-order valence-electron chi connectivity index (χ4n) is 1.77. The van der Waals surface area contributed by atoms with Crippen molar-refractivity contribution in [1.82, 2.24) is 5.32 Å². The molecule has 2 heteroatoms. The highest BCUT2D eigenvalue weighted by Crippen LogP contribution is 2.12. The molecule has 106 valence electrons. The van der Waals surface area contributed by atoms with Gasteiger partial charge in [0.25, 0.3) is 0 Å². The minimum absolute atomic E-state index is 0.163. The van der Waals surface area contributed by atoms with E-state index in [1.165, 1.54) is 16.7 Å². The van der Waals surface area contributed by atoms with Gasteiger partial charge >= 0.3 is 0 Å². The number of methoxy groups -OCH3 is 1. The molecular formula is C17H27NO. The van der Waals surface area contributed by atoms with Crippen molar-refractivity contribution in [3.05, 3.63) is 41.0 Å². The Hall–Kier alpha value is -1.12. The van der Waals surface area contributed by atoms with Crippen LogP contribution in [0, 0.1) is 0 Å². The molecular weight excluding hydrogens is 234 g/mol. The maximum absolute atomic E-state index is 5.12. The van der Waals surface area contributed by atoms with Crippen molar-refractivity contribution in [2.45, 2.75) is 46.3 Å². The Morgan fingerprint density at radius 3 is 2.32 bits per heavy atom. The summed E-state index contributed by atoms with van der Waals surface area (Å²) in [6.07, 6.45) is 3.35. The van der Waals surface area contributed by atoms with E-state index in [4.69, 9.17) is 4.74 Å². The third-order valence-corrected chi connectivity index (χ3v) is 2.96. The van der Waals surface area contributed by atoms with Crippen LogP contribution in [-0.2, 0) is 11.3 Å². The molecule has 1 N–H and O–H groups in total. The van der Waals surface area contributed by atoms with Gasteiger partial charge < -0.3 is 10.1 Å². The molecule has 0 spiro atoms. The van der Waals surface area contributed by atoms with Gasteiger partial charge in [0.15, 0.2) is 0 Å². The molecule has 0 saturated carbocycles. The van der Waals surface area contributed by atoms with Gasteiger partial charge in [-0.1, -0.05) is 42.8 Å². The summed E-state index contributed by atoms with van der Waals surface area (Å²) in [6, 6.07) is 8.56. The number of benzene rings is 1. The lowest BCUT2D eigenvalue weighted by Gasteiger charge is -2.21. The summed E-state index contributed by atoms with van der Waals surface area (Å²) >= 11 is 0. The minimum Gasteiger partial charge on any atom is -0.380 e. The van der Waals surface area contributed by atoms with Crippen LogP contribution in [0.4, 0.5) is 0 Å². The molecule has 0 aromatic heterocycles. The fraction of sp³-hybridized carbons (Fsp3) is 0.529. The normalized spacial score (nSPS) is 12.8. The van der Waals surface area contributed by atoms with Crippen molar-refractivity contribution in [3.63, 3.8) is 0 Å². The lowest BCUT2D eigenvalue weighted by Crippen LogP contribution is -2.36. The molecule has 0 unspecified atom stereocenters. The second kappa shape index (κ2) is 7.46. The lowest BCUT2D eigenvalue weighted by molar-refractivity contribution is 0.185. The standard InChI is InChI=1S/C17H27NO/c1-6-14(12-18-17(2,3)4)11-15-7-9-16(10-8-15)13-19-5/h7-11,18H,6,12-13H2,1-5H3. The first kappa shape index (κ1) is 15.9. The van der Waals surface area contributed by atoms with E-state index in [9.17, 15) is 0 Å². The molecule has 0 heterocycles. The van der Waals surface area contributed by atoms with Gasteiger partial charge in [0, 0.05) is 19.2 Å². The van der Waals surface area contributed by atoms with E-state index in [-0.39, 0.29) is 5.54 Å². The van der Waals surface area contributed by atoms with Crippen molar-refractivity contribution in [1.29, 1.82) is 0 Å². The topological polar surface area (TPSA) is 21.3 Å². The molecule has 0 aliphatic rings. The molecule has 1 rings (SSSR count). The zero-order valence-corrected chi connectivity index (χ0v) is 12.9. The maximum Gasteiger partial charge on any atom is 0.0713 e. The molecule has 0 bridgehead atoms. The van der Waals surface area contributed by atoms with E-state index in [2.05, 4.69) is 63.4 Å². The second-order valence-corrected chi connectivity index (χ2v) is 5.93. The fourth-order valence-corrected chi connectivity index (χ4v) is 1.77. The zero-order valence-electron chi connectivity index (χ0n) is 12.9. The molecule has 0 radical (unpaired) electrons. The number of nitrogens with one attached hydrogen (secondary N) is 1. The van der Waals surface area contributed by atoms with Crippen LogP contribution in [0.5, 0.6) is 0 Å². The van der Waals surface area contributed by atoms with Gasteiger partial charge in [-0.2, -0.15) is 0 Å². The van der Waals surface area contributed by atoms with E-state index < -0.39 is 0 Å². The van der Waals surface area contributed by atoms with E-state index in [0.29, 0.717) is 6.61 Å². The van der Waals surface area contributed by atoms with Crippen LogP contribution in [0.1, 0.15) is 45.2 Å². The van der Waals surface area contributed by atoms with Crippen LogP contribution in [0.2, 0.25) is 0 Å². The molecule has 19 heavy (non-hydrogen) atoms. The molecule has 0 fully saturated rings. The summed E-state index contributed by atoms with van der Waals surface area (Å²) in [7, 11) is 1.72. The summed E-state index contributed by atoms with van der Waals surface area (Å²) in [4.78, 5) is 0. The number of hydrogen-bond acceptors (Lipinski definition) is 2. The molecule has 0 saturated heterocycles. The Morgan fingerprint density at radius 2 is 1.84 bits per heavy atom. The van der Waals surface area contributed by atoms with E-state index >= 15 is 0 Å². The van der Waals surface area contributed by atoms with Crippen LogP contribution in [-0.4, -0.2) is 19.2 Å². The quantitative estimate of drug-likeness (QED) is 0.835. The average molecular weight is 261 g/mol. The van der Waals surface area contributed by atoms with Crippen LogP contribution in [0.15, 0.2) is 29.8 Å². The van der Waals surface area contributed by atoms with Crippen LogP contribution >= 0.6 is 0 Å². The molecule has 1 aromatic carbocycles. The third-order valence-electron chi connectivity index (χ3n) is 2.96. The predicted octanol–water partition coefficient (Wildman–Crippen LogP) is 4.01. The van der Waals surface area contributed by atoms with Crippen molar-refractivity contribution >= 4 is 6.08 Å². The van der Waals surface area contributed by atoms with Crippen molar-refractivity contribution in [2.75, 3.05) is 13.7 Å². The highest BCUT2D eigenvalue weighted by Gasteiger charge is 2.08. The molecule has 0 aliphatic carbocycles. The molecule has 1 aromatic rings. The Morgan fingerprint density at radius 1 is 1.21 bits per heavy atom. The van der Waals surface area contributed by atoms with Gasteiger partial charge in [0.2, 0.25) is 0 Å². The van der Waals surface area contributed by atoms with Gasteiger partial charge in [-0.3, -0.25) is 0 Å². The Balaban J connectivity index is 2.69. The summed E-state index contributed by atoms with van der Waals surface area (Å²) < 4.78 is 5.12. The second-order valence-electron chi connectivity index (χ2n) is 5.93. The summed E-state index contributed by atoms with van der Waals surface area (Å²) in [6.45, 7) is 10.4. The summed E-state index contributed by atoms with van der Waals surface area (Å²) in [5, 5.41) is 3.54. The third kappa shape index (κ3) is 6.55. The minimum atomic E-state index is 0.163. The highest BCUT2D eigenvalue weighted by atomic mass is 16.5. The zero-order chi connectivity index (χ0) is 14.3. The summed E-state index contributed by atoms with van der Waals surface area (Å²) in [5.41, 5.74) is 4.06. The van der Waals surface area contributed by atoms with E-state index in [1.807, 2.05) is 0 Å². The van der Waals surface area contributed by atoms with Crippen molar-refractivity contribution in [3.8, 4) is 0 Å². The monoisotopic (exact) mass is 261 g/mol. The van der Waals surface area contributed by atoms with Crippen LogP contribution < -0.4 is 5.32 Å². The molecule has 0 aliphatic heterocycles. The summed E-state index contributed by atoms with van der Waals surface area (Å²) in [5.74, 6) is 0. The average Bonchev–Trinajstić information content (AvgIpc) is 2.36. The van der Waals surface area contributed by atoms with Crippen LogP contribution in [0.25, 0.3) is 6.08 Å².